The Kier molecular flexibility index (Phi) is 6.89. The zero-order valence-electron chi connectivity index (χ0n) is 18.6. The summed E-state index contributed by atoms with van der Waals surface area (Å²) < 4.78 is 0. The number of hydrogen-bond donors (Lipinski definition) is 1. The summed E-state index contributed by atoms with van der Waals surface area (Å²) in [4.78, 5) is 30.4. The number of likely N-dealkylation sites (N-methyl/N-ethyl adjacent to an activating group) is 1. The summed E-state index contributed by atoms with van der Waals surface area (Å²) in [6.07, 6.45) is 3.96. The summed E-state index contributed by atoms with van der Waals surface area (Å²) in [5.74, 6) is 0.206. The van der Waals surface area contributed by atoms with Crippen LogP contribution in [-0.4, -0.2) is 61.0 Å². The molecule has 1 aliphatic heterocycles. The van der Waals surface area contributed by atoms with Crippen LogP contribution in [0.15, 0.2) is 42.5 Å². The van der Waals surface area contributed by atoms with Crippen LogP contribution in [0.4, 0.5) is 10.5 Å². The summed E-state index contributed by atoms with van der Waals surface area (Å²) in [6, 6.07) is 13.9. The van der Waals surface area contributed by atoms with Gasteiger partial charge in [-0.05, 0) is 60.6 Å². The zero-order valence-corrected chi connectivity index (χ0v) is 19.4. The number of halogens is 1. The van der Waals surface area contributed by atoms with E-state index in [2.05, 4.69) is 23.1 Å². The van der Waals surface area contributed by atoms with E-state index in [1.165, 1.54) is 16.8 Å². The molecule has 1 unspecified atom stereocenters. The number of nitrogens with two attached hydrogens (primary N) is 1. The van der Waals surface area contributed by atoms with Gasteiger partial charge in [-0.2, -0.15) is 0 Å². The third-order valence-corrected chi connectivity index (χ3v) is 7.10. The van der Waals surface area contributed by atoms with E-state index in [9.17, 15) is 9.59 Å². The van der Waals surface area contributed by atoms with Crippen molar-refractivity contribution in [1.29, 1.82) is 0 Å². The normalized spacial score (nSPS) is 18.2. The maximum Gasteiger partial charge on any atom is 0.314 e. The second kappa shape index (κ2) is 9.82. The van der Waals surface area contributed by atoms with Crippen LogP contribution in [0.5, 0.6) is 0 Å². The maximum atomic E-state index is 12.7. The smallest absolute Gasteiger partial charge is 0.314 e. The highest BCUT2D eigenvalue weighted by atomic mass is 35.5. The van der Waals surface area contributed by atoms with Gasteiger partial charge in [0.05, 0.1) is 0 Å². The fraction of sp³-hybridized carbons (Fsp3) is 0.440. The van der Waals surface area contributed by atoms with Gasteiger partial charge in [-0.1, -0.05) is 35.9 Å². The average molecular weight is 455 g/mol. The Balaban J connectivity index is 1.36. The predicted octanol–water partition coefficient (Wildman–Crippen LogP) is 3.49. The number of aryl methyl sites for hydroxylation is 2. The SMILES string of the molecule is CN(C(N)=O)C1CCc2cccc(N3CCN(C(=O)CCc4ccc(Cl)cc4)CC3)c2C1. The van der Waals surface area contributed by atoms with Crippen molar-refractivity contribution in [2.75, 3.05) is 38.1 Å². The molecule has 2 aromatic rings. The molecule has 0 bridgehead atoms. The monoisotopic (exact) mass is 454 g/mol. The number of piperazine rings is 1. The minimum Gasteiger partial charge on any atom is -0.368 e. The zero-order chi connectivity index (χ0) is 22.7. The van der Waals surface area contributed by atoms with Crippen molar-refractivity contribution in [1.82, 2.24) is 9.80 Å². The summed E-state index contributed by atoms with van der Waals surface area (Å²) in [5.41, 5.74) is 10.6. The third-order valence-electron chi connectivity index (χ3n) is 6.84. The first kappa shape index (κ1) is 22.5. The van der Waals surface area contributed by atoms with Crippen LogP contribution >= 0.6 is 11.6 Å². The Labute approximate surface area is 194 Å². The van der Waals surface area contributed by atoms with E-state index in [1.807, 2.05) is 29.2 Å². The molecule has 0 saturated carbocycles. The van der Waals surface area contributed by atoms with Crippen LogP contribution in [0.1, 0.15) is 29.5 Å². The number of hydrogen-bond acceptors (Lipinski definition) is 3. The van der Waals surface area contributed by atoms with Gasteiger partial charge in [-0.3, -0.25) is 4.79 Å². The first-order valence-corrected chi connectivity index (χ1v) is 11.7. The molecule has 1 fully saturated rings. The molecule has 0 radical (unpaired) electrons. The number of urea groups is 1. The molecule has 1 heterocycles. The largest absolute Gasteiger partial charge is 0.368 e. The van der Waals surface area contributed by atoms with E-state index in [0.717, 1.165) is 57.4 Å². The molecular formula is C25H31ClN4O2. The quantitative estimate of drug-likeness (QED) is 0.751. The number of benzene rings is 2. The number of primary amides is 1. The highest BCUT2D eigenvalue weighted by Gasteiger charge is 2.28. The van der Waals surface area contributed by atoms with E-state index in [-0.39, 0.29) is 18.0 Å². The lowest BCUT2D eigenvalue weighted by molar-refractivity contribution is -0.131. The lowest BCUT2D eigenvalue weighted by Crippen LogP contribution is -2.49. The van der Waals surface area contributed by atoms with Crippen molar-refractivity contribution in [2.45, 2.75) is 38.1 Å². The van der Waals surface area contributed by atoms with Gasteiger partial charge in [-0.25, -0.2) is 4.79 Å². The van der Waals surface area contributed by atoms with Gasteiger partial charge in [0.25, 0.3) is 0 Å². The molecule has 32 heavy (non-hydrogen) atoms. The Hall–Kier alpha value is -2.73. The summed E-state index contributed by atoms with van der Waals surface area (Å²) in [5, 5.41) is 0.715. The molecule has 7 heteroatoms. The number of fused-ring (bicyclic) bond motifs is 1. The second-order valence-electron chi connectivity index (χ2n) is 8.75. The molecule has 0 spiro atoms. The van der Waals surface area contributed by atoms with Crippen molar-refractivity contribution in [3.8, 4) is 0 Å². The van der Waals surface area contributed by atoms with E-state index >= 15 is 0 Å². The van der Waals surface area contributed by atoms with Crippen molar-refractivity contribution < 1.29 is 9.59 Å². The van der Waals surface area contributed by atoms with Gasteiger partial charge < -0.3 is 20.4 Å². The first-order chi connectivity index (χ1) is 15.4. The molecular weight excluding hydrogens is 424 g/mol. The van der Waals surface area contributed by atoms with Crippen LogP contribution in [0.3, 0.4) is 0 Å². The molecule has 170 valence electrons. The number of carbonyl (C=O) groups is 2. The molecule has 3 amide bonds. The first-order valence-electron chi connectivity index (χ1n) is 11.3. The Morgan fingerprint density at radius 1 is 1.09 bits per heavy atom. The summed E-state index contributed by atoms with van der Waals surface area (Å²) >= 11 is 5.94. The van der Waals surface area contributed by atoms with Crippen molar-refractivity contribution in [2.24, 2.45) is 5.73 Å². The van der Waals surface area contributed by atoms with E-state index in [1.54, 1.807) is 11.9 Å². The summed E-state index contributed by atoms with van der Waals surface area (Å²) in [6.45, 7) is 3.10. The van der Waals surface area contributed by atoms with Gasteiger partial charge in [0.1, 0.15) is 0 Å². The second-order valence-corrected chi connectivity index (χ2v) is 9.19. The van der Waals surface area contributed by atoms with Crippen LogP contribution < -0.4 is 10.6 Å². The molecule has 2 aliphatic rings. The Bertz CT molecular complexity index is 970. The Morgan fingerprint density at radius 2 is 1.81 bits per heavy atom. The van der Waals surface area contributed by atoms with Gasteiger partial charge in [0, 0.05) is 56.4 Å². The van der Waals surface area contributed by atoms with Crippen LogP contribution in [0, 0.1) is 0 Å². The van der Waals surface area contributed by atoms with E-state index < -0.39 is 0 Å². The van der Waals surface area contributed by atoms with Gasteiger partial charge in [0.2, 0.25) is 5.91 Å². The standard InChI is InChI=1S/C25H31ClN4O2/c1-28(25(27)32)21-11-8-19-3-2-4-23(22(19)17-21)29-13-15-30(16-14-29)24(31)12-7-18-5-9-20(26)10-6-18/h2-6,9-10,21H,7-8,11-17H2,1H3,(H2,27,32). The molecule has 1 atom stereocenters. The van der Waals surface area contributed by atoms with Crippen molar-refractivity contribution in [3.05, 3.63) is 64.2 Å². The molecule has 1 saturated heterocycles. The molecule has 1 aliphatic carbocycles. The van der Waals surface area contributed by atoms with Crippen LogP contribution in [-0.2, 0) is 24.1 Å². The lowest BCUT2D eigenvalue weighted by Gasteiger charge is -2.39. The van der Waals surface area contributed by atoms with Gasteiger partial charge in [0.15, 0.2) is 0 Å². The number of anilines is 1. The summed E-state index contributed by atoms with van der Waals surface area (Å²) in [7, 11) is 1.79. The number of rotatable bonds is 5. The molecule has 2 aromatic carbocycles. The van der Waals surface area contributed by atoms with Gasteiger partial charge in [-0.15, -0.1) is 0 Å². The topological polar surface area (TPSA) is 69.9 Å². The fourth-order valence-electron chi connectivity index (χ4n) is 4.81. The Morgan fingerprint density at radius 3 is 2.50 bits per heavy atom. The average Bonchev–Trinajstić information content (AvgIpc) is 2.82. The lowest BCUT2D eigenvalue weighted by atomic mass is 9.86. The molecule has 4 rings (SSSR count). The van der Waals surface area contributed by atoms with Crippen molar-refractivity contribution >= 4 is 29.2 Å². The van der Waals surface area contributed by atoms with Crippen LogP contribution in [0.2, 0.25) is 5.02 Å². The van der Waals surface area contributed by atoms with Gasteiger partial charge >= 0.3 is 6.03 Å². The fourth-order valence-corrected chi connectivity index (χ4v) is 4.94. The van der Waals surface area contributed by atoms with Crippen molar-refractivity contribution in [3.63, 3.8) is 0 Å². The molecule has 6 nitrogen and oxygen atoms in total. The minimum absolute atomic E-state index is 0.136. The molecule has 0 aromatic heterocycles. The number of amides is 3. The number of nitrogens with zero attached hydrogens (tertiary/aromatic N) is 3. The maximum absolute atomic E-state index is 12.7. The third kappa shape index (κ3) is 5.01. The minimum atomic E-state index is -0.373. The van der Waals surface area contributed by atoms with E-state index in [0.29, 0.717) is 11.4 Å². The molecule has 2 N–H and O–H groups in total. The highest BCUT2D eigenvalue weighted by Crippen LogP contribution is 2.32. The van der Waals surface area contributed by atoms with Crippen LogP contribution in [0.25, 0.3) is 0 Å². The predicted molar refractivity (Wildman–Crippen MR) is 128 cm³/mol. The number of carbonyl (C=O) groups excluding carboxylic acids is 2. The highest BCUT2D eigenvalue weighted by molar-refractivity contribution is 6.30. The van der Waals surface area contributed by atoms with E-state index in [4.69, 9.17) is 17.3 Å².